The number of aromatic nitrogens is 4. The second kappa shape index (κ2) is 8.95. The normalized spacial score (nSPS) is 14.8. The van der Waals surface area contributed by atoms with Crippen molar-refractivity contribution in [3.05, 3.63) is 40.5 Å². The summed E-state index contributed by atoms with van der Waals surface area (Å²) in [5.74, 6) is 1.90. The van der Waals surface area contributed by atoms with Gasteiger partial charge in [0.15, 0.2) is 5.82 Å². The van der Waals surface area contributed by atoms with E-state index in [4.69, 9.17) is 14.5 Å². The fourth-order valence-electron chi connectivity index (χ4n) is 4.25. The average molecular weight is 467 g/mol. The molecule has 0 unspecified atom stereocenters. The zero-order valence-corrected chi connectivity index (χ0v) is 19.7. The van der Waals surface area contributed by atoms with Crippen LogP contribution in [-0.2, 0) is 11.3 Å². The molecule has 3 aromatic heterocycles. The molecule has 0 spiro atoms. The minimum Gasteiger partial charge on any atom is -0.480 e. The van der Waals surface area contributed by atoms with E-state index in [-0.39, 0.29) is 12.5 Å². The summed E-state index contributed by atoms with van der Waals surface area (Å²) in [6, 6.07) is 8.01. The number of hydrogen-bond acceptors (Lipinski definition) is 8. The predicted molar refractivity (Wildman–Crippen MR) is 128 cm³/mol. The molecule has 5 rings (SSSR count). The van der Waals surface area contributed by atoms with E-state index < -0.39 is 0 Å². The molecule has 1 saturated heterocycles. The van der Waals surface area contributed by atoms with Crippen LogP contribution in [0.1, 0.15) is 27.5 Å². The van der Waals surface area contributed by atoms with Gasteiger partial charge in [-0.25, -0.2) is 9.97 Å². The number of imidazole rings is 1. The van der Waals surface area contributed by atoms with Gasteiger partial charge in [0.2, 0.25) is 11.8 Å². The SMILES string of the molecule is COCc1nc(OC)c2c(C)c(C(=O)N3CCCN(c4nc5ccccc5[nH]4)CC3)sc2n1. The van der Waals surface area contributed by atoms with Crippen molar-refractivity contribution >= 4 is 44.4 Å². The van der Waals surface area contributed by atoms with E-state index in [0.29, 0.717) is 29.7 Å². The molecule has 1 aliphatic heterocycles. The second-order valence-corrected chi connectivity index (χ2v) is 9.03. The average Bonchev–Trinajstić information content (AvgIpc) is 3.30. The van der Waals surface area contributed by atoms with Gasteiger partial charge in [-0.1, -0.05) is 12.1 Å². The molecule has 0 bridgehead atoms. The van der Waals surface area contributed by atoms with Crippen LogP contribution >= 0.6 is 11.3 Å². The Morgan fingerprint density at radius 3 is 2.76 bits per heavy atom. The Labute approximate surface area is 195 Å². The zero-order valence-electron chi connectivity index (χ0n) is 18.9. The molecule has 0 radical (unpaired) electrons. The van der Waals surface area contributed by atoms with E-state index >= 15 is 0 Å². The molecule has 33 heavy (non-hydrogen) atoms. The number of anilines is 1. The summed E-state index contributed by atoms with van der Waals surface area (Å²) in [5, 5.41) is 0.796. The van der Waals surface area contributed by atoms with Crippen LogP contribution in [0.5, 0.6) is 5.88 Å². The third-order valence-corrected chi connectivity index (χ3v) is 7.10. The maximum Gasteiger partial charge on any atom is 0.264 e. The number of thiophene rings is 1. The molecule has 1 fully saturated rings. The second-order valence-electron chi connectivity index (χ2n) is 8.03. The number of ether oxygens (including phenoxy) is 2. The Morgan fingerprint density at radius 1 is 1.12 bits per heavy atom. The Bertz CT molecular complexity index is 1280. The van der Waals surface area contributed by atoms with Crippen LogP contribution in [0.15, 0.2) is 24.3 Å². The molecule has 4 aromatic rings. The lowest BCUT2D eigenvalue weighted by Crippen LogP contribution is -2.35. The van der Waals surface area contributed by atoms with Gasteiger partial charge in [-0.05, 0) is 31.0 Å². The topological polar surface area (TPSA) is 96.5 Å². The molecular formula is C23H26N6O3S. The summed E-state index contributed by atoms with van der Waals surface area (Å²) in [4.78, 5) is 36.2. The number of amides is 1. The van der Waals surface area contributed by atoms with Crippen molar-refractivity contribution in [2.24, 2.45) is 0 Å². The summed E-state index contributed by atoms with van der Waals surface area (Å²) in [6.07, 6.45) is 0.869. The van der Waals surface area contributed by atoms with Gasteiger partial charge in [0.1, 0.15) is 11.4 Å². The maximum atomic E-state index is 13.5. The van der Waals surface area contributed by atoms with Crippen LogP contribution in [0.4, 0.5) is 5.95 Å². The highest BCUT2D eigenvalue weighted by Gasteiger charge is 2.27. The molecule has 1 aromatic carbocycles. The smallest absolute Gasteiger partial charge is 0.264 e. The van der Waals surface area contributed by atoms with Gasteiger partial charge >= 0.3 is 0 Å². The number of benzene rings is 1. The molecule has 10 heteroatoms. The fourth-order valence-corrected chi connectivity index (χ4v) is 5.41. The van der Waals surface area contributed by atoms with E-state index in [1.54, 1.807) is 14.2 Å². The third-order valence-electron chi connectivity index (χ3n) is 5.92. The van der Waals surface area contributed by atoms with Crippen molar-refractivity contribution in [3.63, 3.8) is 0 Å². The standard InChI is InChI=1S/C23H26N6O3S/c1-14-18-20(32-3)26-17(13-31-2)27-21(18)33-19(14)22(30)28-9-6-10-29(12-11-28)23-24-15-7-4-5-8-16(15)25-23/h4-5,7-8H,6,9-13H2,1-3H3,(H,24,25). The van der Waals surface area contributed by atoms with Crippen molar-refractivity contribution in [1.82, 2.24) is 24.8 Å². The molecule has 0 saturated carbocycles. The largest absolute Gasteiger partial charge is 0.480 e. The highest BCUT2D eigenvalue weighted by atomic mass is 32.1. The van der Waals surface area contributed by atoms with Crippen molar-refractivity contribution in [1.29, 1.82) is 0 Å². The number of nitrogens with one attached hydrogen (secondary N) is 1. The van der Waals surface area contributed by atoms with Gasteiger partial charge in [0.25, 0.3) is 5.91 Å². The van der Waals surface area contributed by atoms with Crippen LogP contribution in [0.2, 0.25) is 0 Å². The van der Waals surface area contributed by atoms with Crippen LogP contribution in [0.25, 0.3) is 21.3 Å². The summed E-state index contributed by atoms with van der Waals surface area (Å²) >= 11 is 1.39. The highest BCUT2D eigenvalue weighted by molar-refractivity contribution is 7.20. The molecular weight excluding hydrogens is 440 g/mol. The number of nitrogens with zero attached hydrogens (tertiary/aromatic N) is 5. The molecule has 1 amide bonds. The van der Waals surface area contributed by atoms with E-state index in [1.807, 2.05) is 36.1 Å². The van der Waals surface area contributed by atoms with E-state index in [0.717, 1.165) is 52.3 Å². The van der Waals surface area contributed by atoms with Crippen molar-refractivity contribution in [2.45, 2.75) is 20.0 Å². The third kappa shape index (κ3) is 4.00. The number of fused-ring (bicyclic) bond motifs is 2. The van der Waals surface area contributed by atoms with Crippen molar-refractivity contribution < 1.29 is 14.3 Å². The van der Waals surface area contributed by atoms with Crippen molar-refractivity contribution in [2.75, 3.05) is 45.3 Å². The van der Waals surface area contributed by atoms with Gasteiger partial charge in [-0.3, -0.25) is 4.79 Å². The Hall–Kier alpha value is -3.24. The van der Waals surface area contributed by atoms with E-state index in [1.165, 1.54) is 11.3 Å². The van der Waals surface area contributed by atoms with Crippen molar-refractivity contribution in [3.8, 4) is 5.88 Å². The first-order valence-electron chi connectivity index (χ1n) is 10.9. The number of para-hydroxylation sites is 2. The number of methoxy groups -OCH3 is 2. The zero-order chi connectivity index (χ0) is 22.9. The van der Waals surface area contributed by atoms with Crippen LogP contribution < -0.4 is 9.64 Å². The first kappa shape index (κ1) is 21.6. The van der Waals surface area contributed by atoms with E-state index in [2.05, 4.69) is 19.9 Å². The van der Waals surface area contributed by atoms with Gasteiger partial charge in [0.05, 0.1) is 28.4 Å². The Balaban J connectivity index is 1.38. The van der Waals surface area contributed by atoms with Crippen LogP contribution in [0.3, 0.4) is 0 Å². The van der Waals surface area contributed by atoms with Crippen LogP contribution in [0, 0.1) is 6.92 Å². The lowest BCUT2D eigenvalue weighted by Gasteiger charge is -2.21. The summed E-state index contributed by atoms with van der Waals surface area (Å²) < 4.78 is 10.7. The lowest BCUT2D eigenvalue weighted by molar-refractivity contribution is 0.0771. The molecule has 1 aliphatic rings. The number of H-pyrrole nitrogens is 1. The molecule has 4 heterocycles. The number of rotatable bonds is 5. The highest BCUT2D eigenvalue weighted by Crippen LogP contribution is 2.36. The fraction of sp³-hybridized carbons (Fsp3) is 0.391. The molecule has 0 aliphatic carbocycles. The number of hydrogen-bond donors (Lipinski definition) is 1. The quantitative estimate of drug-likeness (QED) is 0.482. The molecule has 9 nitrogen and oxygen atoms in total. The summed E-state index contributed by atoms with van der Waals surface area (Å²) in [7, 11) is 3.18. The molecule has 1 N–H and O–H groups in total. The number of aryl methyl sites for hydroxylation is 1. The first-order chi connectivity index (χ1) is 16.1. The molecule has 0 atom stereocenters. The summed E-state index contributed by atoms with van der Waals surface area (Å²) in [6.45, 7) is 5.11. The molecule has 172 valence electrons. The Morgan fingerprint density at radius 2 is 1.97 bits per heavy atom. The van der Waals surface area contributed by atoms with Gasteiger partial charge in [-0.2, -0.15) is 4.98 Å². The Kier molecular flexibility index (Phi) is 5.86. The number of carbonyl (C=O) groups is 1. The minimum absolute atomic E-state index is 0.0253. The van der Waals surface area contributed by atoms with Gasteiger partial charge < -0.3 is 24.3 Å². The summed E-state index contributed by atoms with van der Waals surface area (Å²) in [5.41, 5.74) is 2.83. The number of carbonyl (C=O) groups excluding carboxylic acids is 1. The first-order valence-corrected chi connectivity index (χ1v) is 11.7. The monoisotopic (exact) mass is 466 g/mol. The van der Waals surface area contributed by atoms with Gasteiger partial charge in [0, 0.05) is 33.3 Å². The number of aromatic amines is 1. The minimum atomic E-state index is 0.0253. The van der Waals surface area contributed by atoms with Gasteiger partial charge in [-0.15, -0.1) is 11.3 Å². The predicted octanol–water partition coefficient (Wildman–Crippen LogP) is 3.38. The lowest BCUT2D eigenvalue weighted by atomic mass is 10.2. The van der Waals surface area contributed by atoms with Crippen LogP contribution in [-0.4, -0.2) is 71.1 Å². The maximum absolute atomic E-state index is 13.5. The van der Waals surface area contributed by atoms with E-state index in [9.17, 15) is 4.79 Å².